The van der Waals surface area contributed by atoms with E-state index < -0.39 is 6.04 Å². The van der Waals surface area contributed by atoms with Crippen LogP contribution >= 0.6 is 0 Å². The Balaban J connectivity index is 1.52. The Hall–Kier alpha value is -3.15. The number of benzene rings is 2. The van der Waals surface area contributed by atoms with Crippen LogP contribution < -0.4 is 10.6 Å². The van der Waals surface area contributed by atoms with Crippen LogP contribution in [0.4, 0.5) is 0 Å². The maximum Gasteiger partial charge on any atom is 0.252 e. The first-order valence-corrected chi connectivity index (χ1v) is 8.77. The molecule has 6 heteroatoms. The van der Waals surface area contributed by atoms with Gasteiger partial charge in [-0.3, -0.25) is 9.59 Å². The Morgan fingerprint density at radius 3 is 2.73 bits per heavy atom. The predicted molar refractivity (Wildman–Crippen MR) is 98.7 cm³/mol. The van der Waals surface area contributed by atoms with Crippen LogP contribution in [0.5, 0.6) is 0 Å². The molecule has 0 spiro atoms. The molecule has 0 aliphatic heterocycles. The van der Waals surface area contributed by atoms with Gasteiger partial charge in [-0.1, -0.05) is 30.3 Å². The number of carbonyl (C=O) groups excluding carboxylic acids is 2. The SMILES string of the molecule is O=C(NC(Cc1ccccc1)C(=O)NC1CC1)c1ccc2nc[nH]c2c1. The maximum absolute atomic E-state index is 12.7. The van der Waals surface area contributed by atoms with Crippen molar-refractivity contribution in [3.05, 3.63) is 66.0 Å². The van der Waals surface area contributed by atoms with E-state index in [9.17, 15) is 9.59 Å². The summed E-state index contributed by atoms with van der Waals surface area (Å²) in [6, 6.07) is 14.6. The van der Waals surface area contributed by atoms with E-state index in [1.807, 2.05) is 30.3 Å². The van der Waals surface area contributed by atoms with Crippen LogP contribution in [0.1, 0.15) is 28.8 Å². The van der Waals surface area contributed by atoms with Crippen molar-refractivity contribution in [3.8, 4) is 0 Å². The summed E-state index contributed by atoms with van der Waals surface area (Å²) in [6.45, 7) is 0. The van der Waals surface area contributed by atoms with E-state index in [0.717, 1.165) is 29.4 Å². The van der Waals surface area contributed by atoms with Gasteiger partial charge in [0.25, 0.3) is 5.91 Å². The fraction of sp³-hybridized carbons (Fsp3) is 0.250. The van der Waals surface area contributed by atoms with Crippen molar-refractivity contribution in [2.75, 3.05) is 0 Å². The Morgan fingerprint density at radius 1 is 1.15 bits per heavy atom. The topological polar surface area (TPSA) is 86.9 Å². The van der Waals surface area contributed by atoms with Crippen molar-refractivity contribution in [2.24, 2.45) is 0 Å². The van der Waals surface area contributed by atoms with Crippen molar-refractivity contribution >= 4 is 22.8 Å². The van der Waals surface area contributed by atoms with Gasteiger partial charge in [0.1, 0.15) is 6.04 Å². The van der Waals surface area contributed by atoms with Gasteiger partial charge in [-0.15, -0.1) is 0 Å². The van der Waals surface area contributed by atoms with Crippen LogP contribution in [0.15, 0.2) is 54.9 Å². The quantitative estimate of drug-likeness (QED) is 0.638. The highest BCUT2D eigenvalue weighted by molar-refractivity contribution is 5.99. The number of nitrogens with zero attached hydrogens (tertiary/aromatic N) is 1. The summed E-state index contributed by atoms with van der Waals surface area (Å²) < 4.78 is 0. The zero-order chi connectivity index (χ0) is 17.9. The van der Waals surface area contributed by atoms with Crippen molar-refractivity contribution in [1.29, 1.82) is 0 Å². The minimum atomic E-state index is -0.608. The van der Waals surface area contributed by atoms with Gasteiger partial charge >= 0.3 is 0 Å². The van der Waals surface area contributed by atoms with E-state index in [1.165, 1.54) is 0 Å². The van der Waals surface area contributed by atoms with E-state index >= 15 is 0 Å². The molecule has 1 aliphatic rings. The molecule has 3 N–H and O–H groups in total. The molecule has 2 aromatic carbocycles. The second-order valence-electron chi connectivity index (χ2n) is 6.63. The lowest BCUT2D eigenvalue weighted by Gasteiger charge is -2.18. The van der Waals surface area contributed by atoms with E-state index in [0.29, 0.717) is 12.0 Å². The highest BCUT2D eigenvalue weighted by Crippen LogP contribution is 2.19. The van der Waals surface area contributed by atoms with Gasteiger partial charge in [0.2, 0.25) is 5.91 Å². The highest BCUT2D eigenvalue weighted by atomic mass is 16.2. The number of carbonyl (C=O) groups is 2. The number of fused-ring (bicyclic) bond motifs is 1. The van der Waals surface area contributed by atoms with E-state index in [1.54, 1.807) is 24.5 Å². The van der Waals surface area contributed by atoms with Gasteiger partial charge < -0.3 is 15.6 Å². The number of imidazole rings is 1. The number of rotatable bonds is 6. The van der Waals surface area contributed by atoms with Crippen LogP contribution in [0.2, 0.25) is 0 Å². The van der Waals surface area contributed by atoms with Crippen LogP contribution in [0, 0.1) is 0 Å². The molecule has 1 heterocycles. The zero-order valence-corrected chi connectivity index (χ0v) is 14.2. The van der Waals surface area contributed by atoms with Crippen LogP contribution in [-0.4, -0.2) is 33.9 Å². The Morgan fingerprint density at radius 2 is 1.96 bits per heavy atom. The number of aromatic nitrogens is 2. The number of nitrogens with one attached hydrogen (secondary N) is 3. The number of H-pyrrole nitrogens is 1. The van der Waals surface area contributed by atoms with Gasteiger partial charge in [0.05, 0.1) is 17.4 Å². The van der Waals surface area contributed by atoms with Crippen LogP contribution in [-0.2, 0) is 11.2 Å². The van der Waals surface area contributed by atoms with Gasteiger partial charge in [-0.2, -0.15) is 0 Å². The molecular weight excluding hydrogens is 328 g/mol. The molecule has 132 valence electrons. The van der Waals surface area contributed by atoms with Crippen molar-refractivity contribution in [3.63, 3.8) is 0 Å². The summed E-state index contributed by atoms with van der Waals surface area (Å²) in [6.07, 6.45) is 4.06. The molecule has 1 unspecified atom stereocenters. The molecule has 1 atom stereocenters. The van der Waals surface area contributed by atoms with E-state index in [-0.39, 0.29) is 17.9 Å². The smallest absolute Gasteiger partial charge is 0.252 e. The van der Waals surface area contributed by atoms with Gasteiger partial charge in [0.15, 0.2) is 0 Å². The molecule has 0 saturated heterocycles. The number of amides is 2. The molecule has 26 heavy (non-hydrogen) atoms. The van der Waals surface area contributed by atoms with Crippen molar-refractivity contribution < 1.29 is 9.59 Å². The molecule has 3 aromatic rings. The maximum atomic E-state index is 12.7. The first-order valence-electron chi connectivity index (χ1n) is 8.77. The van der Waals surface area contributed by atoms with Gasteiger partial charge in [-0.25, -0.2) is 4.98 Å². The Bertz CT molecular complexity index is 931. The first-order chi connectivity index (χ1) is 12.7. The molecule has 1 aromatic heterocycles. The zero-order valence-electron chi connectivity index (χ0n) is 14.2. The van der Waals surface area contributed by atoms with Crippen molar-refractivity contribution in [2.45, 2.75) is 31.3 Å². The van der Waals surface area contributed by atoms with Gasteiger partial charge in [-0.05, 0) is 36.6 Å². The molecular formula is C20H20N4O2. The lowest BCUT2D eigenvalue weighted by molar-refractivity contribution is -0.123. The summed E-state index contributed by atoms with van der Waals surface area (Å²) in [7, 11) is 0. The number of aromatic amines is 1. The van der Waals surface area contributed by atoms with Crippen LogP contribution in [0.3, 0.4) is 0 Å². The Labute approximate surface area is 151 Å². The summed E-state index contributed by atoms with van der Waals surface area (Å²) >= 11 is 0. The molecule has 0 bridgehead atoms. The molecule has 0 radical (unpaired) electrons. The monoisotopic (exact) mass is 348 g/mol. The molecule has 2 amide bonds. The van der Waals surface area contributed by atoms with Crippen molar-refractivity contribution in [1.82, 2.24) is 20.6 Å². The summed E-state index contributed by atoms with van der Waals surface area (Å²) in [5.41, 5.74) is 3.10. The minimum Gasteiger partial charge on any atom is -0.352 e. The second-order valence-corrected chi connectivity index (χ2v) is 6.63. The molecule has 6 nitrogen and oxygen atoms in total. The third-order valence-corrected chi connectivity index (χ3v) is 4.51. The second kappa shape index (κ2) is 7.00. The average molecular weight is 348 g/mol. The number of hydrogen-bond donors (Lipinski definition) is 3. The Kier molecular flexibility index (Phi) is 4.39. The minimum absolute atomic E-state index is 0.132. The molecule has 4 rings (SSSR count). The lowest BCUT2D eigenvalue weighted by atomic mass is 10.0. The fourth-order valence-corrected chi connectivity index (χ4v) is 2.91. The first kappa shape index (κ1) is 16.3. The fourth-order valence-electron chi connectivity index (χ4n) is 2.91. The number of hydrogen-bond acceptors (Lipinski definition) is 3. The molecule has 1 saturated carbocycles. The summed E-state index contributed by atoms with van der Waals surface area (Å²) in [5.74, 6) is -0.402. The van der Waals surface area contributed by atoms with Crippen LogP contribution in [0.25, 0.3) is 11.0 Å². The molecule has 1 aliphatic carbocycles. The van der Waals surface area contributed by atoms with Gasteiger partial charge in [0, 0.05) is 18.0 Å². The normalized spacial score (nSPS) is 14.8. The predicted octanol–water partition coefficient (Wildman–Crippen LogP) is 2.18. The average Bonchev–Trinajstić information content (AvgIpc) is 3.34. The lowest BCUT2D eigenvalue weighted by Crippen LogP contribution is -2.48. The molecule has 1 fully saturated rings. The van der Waals surface area contributed by atoms with E-state index in [2.05, 4.69) is 20.6 Å². The largest absolute Gasteiger partial charge is 0.352 e. The standard InChI is InChI=1S/C20H20N4O2/c25-19(14-6-9-16-17(11-14)22-12-21-16)24-18(20(26)23-15-7-8-15)10-13-4-2-1-3-5-13/h1-6,9,11-12,15,18H,7-8,10H2,(H,21,22)(H,23,26)(H,24,25). The summed E-state index contributed by atoms with van der Waals surface area (Å²) in [4.78, 5) is 32.4. The third kappa shape index (κ3) is 3.74. The third-order valence-electron chi connectivity index (χ3n) is 4.51. The highest BCUT2D eigenvalue weighted by Gasteiger charge is 2.28. The van der Waals surface area contributed by atoms with E-state index in [4.69, 9.17) is 0 Å². The summed E-state index contributed by atoms with van der Waals surface area (Å²) in [5, 5.41) is 5.87.